The Labute approximate surface area is 104 Å². The zero-order valence-corrected chi connectivity index (χ0v) is 10.4. The Hall–Kier alpha value is -1.42. The molecule has 94 valence electrons. The number of likely N-dealkylation sites (tertiary alicyclic amines) is 1. The third-order valence-electron chi connectivity index (χ3n) is 3.11. The predicted molar refractivity (Wildman–Crippen MR) is 69.7 cm³/mol. The maximum absolute atomic E-state index is 10.9. The first-order valence-electron chi connectivity index (χ1n) is 6.13. The first kappa shape index (κ1) is 12.0. The molecule has 0 aromatic carbocycles. The van der Waals surface area contributed by atoms with Gasteiger partial charge in [0.05, 0.1) is 5.69 Å². The molecule has 17 heavy (non-hydrogen) atoms. The standard InChI is InChI=1S/C13H19N3O.H2/c1-3-11-7-16(8-11)9-12-5-4-6-13(15-12)14-10(2)17;/h4-6,11H,3,7-9H2,1-2H3,(H,14,15,17);1H. The molecule has 0 unspecified atom stereocenters. The van der Waals surface area contributed by atoms with E-state index in [1.807, 2.05) is 18.2 Å². The molecule has 4 nitrogen and oxygen atoms in total. The van der Waals surface area contributed by atoms with Crippen molar-refractivity contribution in [2.24, 2.45) is 5.92 Å². The van der Waals surface area contributed by atoms with Crippen molar-refractivity contribution in [3.8, 4) is 0 Å². The van der Waals surface area contributed by atoms with Crippen molar-refractivity contribution in [3.05, 3.63) is 23.9 Å². The van der Waals surface area contributed by atoms with Gasteiger partial charge in [-0.15, -0.1) is 0 Å². The van der Waals surface area contributed by atoms with E-state index in [1.54, 1.807) is 0 Å². The van der Waals surface area contributed by atoms with Crippen LogP contribution in [0.2, 0.25) is 0 Å². The van der Waals surface area contributed by atoms with Crippen LogP contribution < -0.4 is 5.32 Å². The van der Waals surface area contributed by atoms with Crippen LogP contribution in [0.3, 0.4) is 0 Å². The second-order valence-corrected chi connectivity index (χ2v) is 4.66. The minimum absolute atomic E-state index is 0. The summed E-state index contributed by atoms with van der Waals surface area (Å²) in [5, 5.41) is 2.71. The molecular formula is C13H21N3O. The molecule has 1 aromatic heterocycles. The van der Waals surface area contributed by atoms with Gasteiger partial charge in [-0.25, -0.2) is 4.98 Å². The number of amides is 1. The van der Waals surface area contributed by atoms with Crippen LogP contribution in [0.4, 0.5) is 5.82 Å². The van der Waals surface area contributed by atoms with Gasteiger partial charge in [0.1, 0.15) is 5.82 Å². The predicted octanol–water partition coefficient (Wildman–Crippen LogP) is 2.13. The van der Waals surface area contributed by atoms with Crippen LogP contribution in [-0.2, 0) is 11.3 Å². The number of rotatable bonds is 4. The van der Waals surface area contributed by atoms with E-state index in [-0.39, 0.29) is 7.33 Å². The van der Waals surface area contributed by atoms with Gasteiger partial charge in [0.25, 0.3) is 0 Å². The van der Waals surface area contributed by atoms with E-state index in [2.05, 4.69) is 22.1 Å². The highest BCUT2D eigenvalue weighted by atomic mass is 16.1. The van der Waals surface area contributed by atoms with E-state index in [1.165, 1.54) is 26.4 Å². The monoisotopic (exact) mass is 235 g/mol. The molecule has 0 aliphatic carbocycles. The Morgan fingerprint density at radius 1 is 1.59 bits per heavy atom. The molecule has 1 aliphatic rings. The number of anilines is 1. The summed E-state index contributed by atoms with van der Waals surface area (Å²) in [6.07, 6.45) is 1.26. The quantitative estimate of drug-likeness (QED) is 0.869. The molecule has 4 heteroatoms. The van der Waals surface area contributed by atoms with E-state index in [4.69, 9.17) is 0 Å². The second-order valence-electron chi connectivity index (χ2n) is 4.66. The van der Waals surface area contributed by atoms with E-state index < -0.39 is 0 Å². The summed E-state index contributed by atoms with van der Waals surface area (Å²) in [6.45, 7) is 6.95. The summed E-state index contributed by atoms with van der Waals surface area (Å²) in [7, 11) is 0. The van der Waals surface area contributed by atoms with E-state index in [0.29, 0.717) is 5.82 Å². The number of nitrogens with one attached hydrogen (secondary N) is 1. The van der Waals surface area contributed by atoms with Crippen molar-refractivity contribution in [1.29, 1.82) is 0 Å². The summed E-state index contributed by atoms with van der Waals surface area (Å²) < 4.78 is 0. The first-order chi connectivity index (χ1) is 8.17. The van der Waals surface area contributed by atoms with E-state index >= 15 is 0 Å². The van der Waals surface area contributed by atoms with Gasteiger partial charge in [0.15, 0.2) is 0 Å². The van der Waals surface area contributed by atoms with Gasteiger partial charge in [0.2, 0.25) is 5.91 Å². The third-order valence-corrected chi connectivity index (χ3v) is 3.11. The Morgan fingerprint density at radius 2 is 2.35 bits per heavy atom. The van der Waals surface area contributed by atoms with Crippen molar-refractivity contribution in [2.45, 2.75) is 26.8 Å². The maximum Gasteiger partial charge on any atom is 0.222 e. The highest BCUT2D eigenvalue weighted by Crippen LogP contribution is 2.20. The number of pyridine rings is 1. The molecule has 2 rings (SSSR count). The van der Waals surface area contributed by atoms with Crippen LogP contribution in [-0.4, -0.2) is 28.9 Å². The van der Waals surface area contributed by atoms with Gasteiger partial charge < -0.3 is 5.32 Å². The van der Waals surface area contributed by atoms with Crippen LogP contribution >= 0.6 is 0 Å². The highest BCUT2D eigenvalue weighted by molar-refractivity contribution is 5.87. The van der Waals surface area contributed by atoms with Crippen molar-refractivity contribution >= 4 is 11.7 Å². The second kappa shape index (κ2) is 5.27. The lowest BCUT2D eigenvalue weighted by Gasteiger charge is -2.38. The molecule has 1 saturated heterocycles. The number of aromatic nitrogens is 1. The number of nitrogens with zero attached hydrogens (tertiary/aromatic N) is 2. The summed E-state index contributed by atoms with van der Waals surface area (Å²) >= 11 is 0. The van der Waals surface area contributed by atoms with Crippen LogP contribution in [0, 0.1) is 5.92 Å². The van der Waals surface area contributed by atoms with Gasteiger partial charge in [-0.1, -0.05) is 19.4 Å². The lowest BCUT2D eigenvalue weighted by molar-refractivity contribution is -0.114. The molecule has 1 aliphatic heterocycles. The summed E-state index contributed by atoms with van der Waals surface area (Å²) in [5.74, 6) is 1.42. The van der Waals surface area contributed by atoms with Crippen molar-refractivity contribution < 1.29 is 6.22 Å². The molecule has 1 aromatic rings. The third kappa shape index (κ3) is 3.27. The molecule has 1 N–H and O–H groups in total. The van der Waals surface area contributed by atoms with Gasteiger partial charge in [-0.2, -0.15) is 0 Å². The Balaban J connectivity index is 0.00000162. The van der Waals surface area contributed by atoms with Crippen molar-refractivity contribution in [2.75, 3.05) is 18.4 Å². The Kier molecular flexibility index (Phi) is 3.74. The number of carbonyl (C=O) groups excluding carboxylic acids is 1. The van der Waals surface area contributed by atoms with Crippen molar-refractivity contribution in [3.63, 3.8) is 0 Å². The molecule has 0 radical (unpaired) electrons. The number of carbonyl (C=O) groups is 1. The maximum atomic E-state index is 10.9. The average Bonchev–Trinajstić information content (AvgIpc) is 2.22. The fourth-order valence-corrected chi connectivity index (χ4v) is 2.11. The average molecular weight is 235 g/mol. The molecule has 0 saturated carbocycles. The van der Waals surface area contributed by atoms with Crippen molar-refractivity contribution in [1.82, 2.24) is 9.88 Å². The minimum Gasteiger partial charge on any atom is -0.311 e. The van der Waals surface area contributed by atoms with Crippen LogP contribution in [0.25, 0.3) is 0 Å². The smallest absolute Gasteiger partial charge is 0.222 e. The van der Waals surface area contributed by atoms with E-state index in [0.717, 1.165) is 18.2 Å². The lowest BCUT2D eigenvalue weighted by Crippen LogP contribution is -2.45. The van der Waals surface area contributed by atoms with Gasteiger partial charge >= 0.3 is 0 Å². The molecule has 2 heterocycles. The zero-order valence-electron chi connectivity index (χ0n) is 10.4. The van der Waals surface area contributed by atoms with Gasteiger partial charge in [-0.05, 0) is 18.1 Å². The normalized spacial score (nSPS) is 16.6. The lowest BCUT2D eigenvalue weighted by atomic mass is 9.97. The fourth-order valence-electron chi connectivity index (χ4n) is 2.11. The SMILES string of the molecule is CCC1CN(Cc2cccc(NC(C)=O)n2)C1.[HH]. The Morgan fingerprint density at radius 3 is 3.00 bits per heavy atom. The van der Waals surface area contributed by atoms with Crippen LogP contribution in [0.1, 0.15) is 27.4 Å². The van der Waals surface area contributed by atoms with Gasteiger partial charge in [0, 0.05) is 28.0 Å². The molecule has 0 spiro atoms. The fraction of sp³-hybridized carbons (Fsp3) is 0.538. The molecular weight excluding hydrogens is 214 g/mol. The topological polar surface area (TPSA) is 45.2 Å². The largest absolute Gasteiger partial charge is 0.311 e. The molecule has 0 atom stereocenters. The van der Waals surface area contributed by atoms with Crippen LogP contribution in [0.15, 0.2) is 18.2 Å². The summed E-state index contributed by atoms with van der Waals surface area (Å²) in [5.41, 5.74) is 1.02. The minimum atomic E-state index is -0.0790. The first-order valence-corrected chi connectivity index (χ1v) is 6.13. The summed E-state index contributed by atoms with van der Waals surface area (Å²) in [6, 6.07) is 5.76. The molecule has 1 amide bonds. The molecule has 1 fully saturated rings. The zero-order chi connectivity index (χ0) is 12.3. The van der Waals surface area contributed by atoms with E-state index in [9.17, 15) is 4.79 Å². The summed E-state index contributed by atoms with van der Waals surface area (Å²) in [4.78, 5) is 17.7. The molecule has 0 bridgehead atoms. The van der Waals surface area contributed by atoms with Crippen LogP contribution in [0.5, 0.6) is 0 Å². The Bertz CT molecular complexity index is 405. The number of hydrogen-bond acceptors (Lipinski definition) is 3. The highest BCUT2D eigenvalue weighted by Gasteiger charge is 2.24. The number of hydrogen-bond donors (Lipinski definition) is 1. The van der Waals surface area contributed by atoms with Gasteiger partial charge in [-0.3, -0.25) is 9.69 Å².